The summed E-state index contributed by atoms with van der Waals surface area (Å²) < 4.78 is 72.0. The lowest BCUT2D eigenvalue weighted by molar-refractivity contribution is -0.260. The number of hydrogen-bond donors (Lipinski definition) is 0. The highest BCUT2D eigenvalue weighted by Gasteiger charge is 2.59. The molecule has 2 fully saturated rings. The molecule has 2 nitrogen and oxygen atoms in total. The molecule has 0 radical (unpaired) electrons. The first-order valence-electron chi connectivity index (χ1n) is 8.14. The van der Waals surface area contributed by atoms with Gasteiger partial charge in [0.1, 0.15) is 0 Å². The fraction of sp³-hybridized carbons (Fsp3) is 0.647. The second-order valence-electron chi connectivity index (χ2n) is 5.94. The van der Waals surface area contributed by atoms with Crippen molar-refractivity contribution in [1.82, 2.24) is 0 Å². The van der Waals surface area contributed by atoms with Gasteiger partial charge in [-0.25, -0.2) is 8.78 Å². The van der Waals surface area contributed by atoms with Crippen molar-refractivity contribution in [3.05, 3.63) is 29.3 Å². The van der Waals surface area contributed by atoms with E-state index in [9.17, 15) is 22.0 Å². The van der Waals surface area contributed by atoms with Crippen LogP contribution in [0.4, 0.5) is 27.6 Å². The van der Waals surface area contributed by atoms with Crippen molar-refractivity contribution in [1.29, 1.82) is 0 Å². The van der Waals surface area contributed by atoms with Crippen LogP contribution in [0.1, 0.15) is 44.6 Å². The lowest BCUT2D eigenvalue weighted by Gasteiger charge is -2.31. The third-order valence-electron chi connectivity index (χ3n) is 4.58. The van der Waals surface area contributed by atoms with Gasteiger partial charge < -0.3 is 9.64 Å². The molecular weight excluding hydrogens is 329 g/mol. The van der Waals surface area contributed by atoms with E-state index in [0.717, 1.165) is 26.0 Å². The zero-order chi connectivity index (χ0) is 18.1. The number of benzene rings is 1. The quantitative estimate of drug-likeness (QED) is 0.709. The van der Waals surface area contributed by atoms with E-state index in [0.29, 0.717) is 5.69 Å². The van der Waals surface area contributed by atoms with Crippen LogP contribution in [-0.2, 0) is 4.74 Å². The van der Waals surface area contributed by atoms with Crippen LogP contribution in [0.2, 0.25) is 0 Å². The molecule has 7 heteroatoms. The minimum absolute atomic E-state index is 0.0954. The summed E-state index contributed by atoms with van der Waals surface area (Å²) in [6.07, 6.45) is -3.27. The number of ether oxygens (including phenoxy) is 1. The number of alkyl halides is 3. The standard InChI is InChI=1S/C15H16F5NO.C2H6/c1-22-14(15(18,19)20)6-7-21(8-14)11-5-4-10(16)13(17)12(11)9-2-3-9;1-2/h4-5,9H,2-3,6-8H2,1H3;1-2H3. The molecule has 1 unspecified atom stereocenters. The maximum atomic E-state index is 14.1. The molecule has 24 heavy (non-hydrogen) atoms. The number of methoxy groups -OCH3 is 1. The Morgan fingerprint density at radius 2 is 1.79 bits per heavy atom. The Kier molecular flexibility index (Phi) is 5.42. The summed E-state index contributed by atoms with van der Waals surface area (Å²) >= 11 is 0. The van der Waals surface area contributed by atoms with Crippen LogP contribution in [-0.4, -0.2) is 32.0 Å². The minimum atomic E-state index is -4.51. The largest absolute Gasteiger partial charge is 0.419 e. The molecule has 1 aromatic carbocycles. The van der Waals surface area contributed by atoms with Crippen LogP contribution in [0.25, 0.3) is 0 Å². The van der Waals surface area contributed by atoms with Crippen LogP contribution in [0.3, 0.4) is 0 Å². The van der Waals surface area contributed by atoms with Gasteiger partial charge in [0.05, 0.1) is 6.54 Å². The predicted molar refractivity (Wildman–Crippen MR) is 82.3 cm³/mol. The fourth-order valence-corrected chi connectivity index (χ4v) is 3.09. The molecule has 1 saturated heterocycles. The molecule has 1 aliphatic heterocycles. The molecule has 0 aromatic heterocycles. The third kappa shape index (κ3) is 3.23. The van der Waals surface area contributed by atoms with Crippen molar-refractivity contribution in [3.63, 3.8) is 0 Å². The SMILES string of the molecule is CC.COC1(C(F)(F)F)CCN(c2ccc(F)c(F)c2C2CC2)C1. The van der Waals surface area contributed by atoms with Gasteiger partial charge in [-0.1, -0.05) is 13.8 Å². The normalized spacial score (nSPS) is 23.9. The summed E-state index contributed by atoms with van der Waals surface area (Å²) in [6.45, 7) is 3.69. The third-order valence-corrected chi connectivity index (χ3v) is 4.58. The van der Waals surface area contributed by atoms with Crippen molar-refractivity contribution in [3.8, 4) is 0 Å². The Morgan fingerprint density at radius 1 is 1.17 bits per heavy atom. The van der Waals surface area contributed by atoms with Crippen molar-refractivity contribution >= 4 is 5.69 Å². The van der Waals surface area contributed by atoms with Gasteiger partial charge >= 0.3 is 6.18 Å². The van der Waals surface area contributed by atoms with Gasteiger partial charge in [0.25, 0.3) is 0 Å². The van der Waals surface area contributed by atoms with Crippen LogP contribution < -0.4 is 4.90 Å². The van der Waals surface area contributed by atoms with E-state index in [4.69, 9.17) is 4.74 Å². The number of rotatable bonds is 3. The van der Waals surface area contributed by atoms with E-state index in [1.165, 1.54) is 11.0 Å². The van der Waals surface area contributed by atoms with Gasteiger partial charge in [-0.15, -0.1) is 0 Å². The molecule has 0 spiro atoms. The summed E-state index contributed by atoms with van der Waals surface area (Å²) in [7, 11) is 1.03. The highest BCUT2D eigenvalue weighted by Crippen LogP contribution is 2.48. The molecule has 0 bridgehead atoms. The first-order valence-corrected chi connectivity index (χ1v) is 8.14. The molecule has 1 atom stereocenters. The van der Waals surface area contributed by atoms with E-state index in [1.54, 1.807) is 0 Å². The Morgan fingerprint density at radius 3 is 2.25 bits per heavy atom. The highest BCUT2D eigenvalue weighted by molar-refractivity contribution is 5.58. The summed E-state index contributed by atoms with van der Waals surface area (Å²) in [5, 5.41) is 0. The van der Waals surface area contributed by atoms with Gasteiger partial charge in [0.15, 0.2) is 17.2 Å². The van der Waals surface area contributed by atoms with E-state index < -0.39 is 30.0 Å². The zero-order valence-corrected chi connectivity index (χ0v) is 14.0. The molecule has 1 aliphatic carbocycles. The van der Waals surface area contributed by atoms with Gasteiger partial charge in [-0.05, 0) is 30.9 Å². The Balaban J connectivity index is 0.00000100. The monoisotopic (exact) mass is 351 g/mol. The lowest BCUT2D eigenvalue weighted by atomic mass is 10.0. The smallest absolute Gasteiger partial charge is 0.368 e. The Labute approximate surface area is 138 Å². The van der Waals surface area contributed by atoms with Crippen LogP contribution in [0.5, 0.6) is 0 Å². The van der Waals surface area contributed by atoms with Crippen molar-refractivity contribution in [2.45, 2.75) is 50.8 Å². The van der Waals surface area contributed by atoms with Crippen molar-refractivity contribution in [2.75, 3.05) is 25.1 Å². The van der Waals surface area contributed by atoms with E-state index in [1.807, 2.05) is 13.8 Å². The maximum absolute atomic E-state index is 14.1. The van der Waals surface area contributed by atoms with Gasteiger partial charge in [0, 0.05) is 31.3 Å². The maximum Gasteiger partial charge on any atom is 0.419 e. The molecule has 2 aliphatic rings. The average molecular weight is 351 g/mol. The molecule has 1 saturated carbocycles. The molecule has 1 heterocycles. The first-order chi connectivity index (χ1) is 11.3. The fourth-order valence-electron chi connectivity index (χ4n) is 3.09. The lowest BCUT2D eigenvalue weighted by Crippen LogP contribution is -2.49. The Hall–Kier alpha value is -1.37. The van der Waals surface area contributed by atoms with Crippen molar-refractivity contribution in [2.24, 2.45) is 0 Å². The van der Waals surface area contributed by atoms with Crippen molar-refractivity contribution < 1.29 is 26.7 Å². The molecule has 1 aromatic rings. The molecule has 0 amide bonds. The van der Waals surface area contributed by atoms with Gasteiger partial charge in [-0.3, -0.25) is 0 Å². The van der Waals surface area contributed by atoms with Crippen LogP contribution in [0, 0.1) is 11.6 Å². The van der Waals surface area contributed by atoms with Gasteiger partial charge in [-0.2, -0.15) is 13.2 Å². The first kappa shape index (κ1) is 19.0. The summed E-state index contributed by atoms with van der Waals surface area (Å²) in [6, 6.07) is 2.34. The van der Waals surface area contributed by atoms with E-state index in [-0.39, 0.29) is 24.4 Å². The van der Waals surface area contributed by atoms with Crippen LogP contribution >= 0.6 is 0 Å². The average Bonchev–Trinajstić information content (AvgIpc) is 3.28. The molecule has 0 N–H and O–H groups in total. The number of nitrogens with zero attached hydrogens (tertiary/aromatic N) is 1. The predicted octanol–water partition coefficient (Wildman–Crippen LogP) is 5.03. The molecule has 136 valence electrons. The number of anilines is 1. The summed E-state index contributed by atoms with van der Waals surface area (Å²) in [5.74, 6) is -2.00. The van der Waals surface area contributed by atoms with Gasteiger partial charge in [0.2, 0.25) is 0 Å². The molecule has 3 rings (SSSR count). The number of hydrogen-bond acceptors (Lipinski definition) is 2. The minimum Gasteiger partial charge on any atom is -0.368 e. The second-order valence-corrected chi connectivity index (χ2v) is 5.94. The van der Waals surface area contributed by atoms with E-state index >= 15 is 0 Å². The Bertz CT molecular complexity index is 585. The summed E-state index contributed by atoms with van der Waals surface area (Å²) in [5.41, 5.74) is -1.70. The number of halogens is 5. The topological polar surface area (TPSA) is 12.5 Å². The second kappa shape index (κ2) is 6.86. The van der Waals surface area contributed by atoms with Crippen LogP contribution in [0.15, 0.2) is 12.1 Å². The summed E-state index contributed by atoms with van der Waals surface area (Å²) in [4.78, 5) is 1.45. The highest BCUT2D eigenvalue weighted by atomic mass is 19.4. The van der Waals surface area contributed by atoms with E-state index in [2.05, 4.69) is 0 Å². The molecular formula is C17H22F5NO. The zero-order valence-electron chi connectivity index (χ0n) is 14.0.